The van der Waals surface area contributed by atoms with E-state index in [4.69, 9.17) is 11.6 Å². The lowest BCUT2D eigenvalue weighted by atomic mass is 10.1. The van der Waals surface area contributed by atoms with Gasteiger partial charge in [-0.2, -0.15) is 0 Å². The quantitative estimate of drug-likeness (QED) is 0.860. The van der Waals surface area contributed by atoms with Crippen molar-refractivity contribution in [2.75, 3.05) is 0 Å². The van der Waals surface area contributed by atoms with E-state index >= 15 is 0 Å². The lowest BCUT2D eigenvalue weighted by Gasteiger charge is -2.10. The molecular weight excluding hydrogens is 320 g/mol. The van der Waals surface area contributed by atoms with Gasteiger partial charge in [-0.3, -0.25) is 0 Å². The number of benzene rings is 1. The summed E-state index contributed by atoms with van der Waals surface area (Å²) in [6, 6.07) is 9.72. The third kappa shape index (κ3) is 3.32. The first-order chi connectivity index (χ1) is 8.06. The summed E-state index contributed by atoms with van der Waals surface area (Å²) in [5, 5.41) is 10.8. The fraction of sp³-hybridized carbons (Fsp3) is 0.231. The van der Waals surface area contributed by atoms with Gasteiger partial charge in [0.1, 0.15) is 0 Å². The molecule has 1 N–H and O–H groups in total. The summed E-state index contributed by atoms with van der Waals surface area (Å²) in [6.45, 7) is 2.04. The minimum absolute atomic E-state index is 0.479. The molecule has 90 valence electrons. The van der Waals surface area contributed by atoms with Crippen molar-refractivity contribution in [2.45, 2.75) is 19.4 Å². The molecule has 0 aliphatic heterocycles. The normalized spacial score (nSPS) is 12.7. The second-order valence-electron chi connectivity index (χ2n) is 3.90. The zero-order valence-corrected chi connectivity index (χ0v) is 12.4. The van der Waals surface area contributed by atoms with Crippen molar-refractivity contribution in [1.29, 1.82) is 0 Å². The number of aliphatic hydroxyl groups is 1. The van der Waals surface area contributed by atoms with Crippen LogP contribution < -0.4 is 0 Å². The number of aryl methyl sites for hydroxylation is 1. The van der Waals surface area contributed by atoms with Crippen molar-refractivity contribution in [3.63, 3.8) is 0 Å². The molecule has 0 aliphatic carbocycles. The fourth-order valence-electron chi connectivity index (χ4n) is 1.63. The van der Waals surface area contributed by atoms with E-state index in [1.165, 1.54) is 4.88 Å². The van der Waals surface area contributed by atoms with Crippen molar-refractivity contribution in [3.05, 3.63) is 55.1 Å². The van der Waals surface area contributed by atoms with Crippen LogP contribution in [-0.2, 0) is 6.42 Å². The Morgan fingerprint density at radius 2 is 2.12 bits per heavy atom. The smallest absolute Gasteiger partial charge is 0.0922 e. The van der Waals surface area contributed by atoms with Crippen LogP contribution in [0.5, 0.6) is 0 Å². The number of aliphatic hydroxyl groups excluding tert-OH is 1. The Labute approximate surface area is 118 Å². The summed E-state index contributed by atoms with van der Waals surface area (Å²) in [5.74, 6) is 0. The summed E-state index contributed by atoms with van der Waals surface area (Å²) < 4.78 is 0.952. The number of thiophene rings is 1. The Balaban J connectivity index is 2.15. The highest BCUT2D eigenvalue weighted by Gasteiger charge is 2.12. The van der Waals surface area contributed by atoms with Crippen LogP contribution in [-0.4, -0.2) is 5.11 Å². The Hall–Kier alpha value is -0.350. The molecule has 1 unspecified atom stereocenters. The highest BCUT2D eigenvalue weighted by Crippen LogP contribution is 2.29. The molecule has 4 heteroatoms. The molecule has 17 heavy (non-hydrogen) atoms. The van der Waals surface area contributed by atoms with E-state index in [2.05, 4.69) is 15.9 Å². The zero-order valence-electron chi connectivity index (χ0n) is 9.28. The second kappa shape index (κ2) is 5.53. The van der Waals surface area contributed by atoms with Gasteiger partial charge in [-0.1, -0.05) is 33.6 Å². The van der Waals surface area contributed by atoms with Crippen LogP contribution in [0.15, 0.2) is 34.8 Å². The van der Waals surface area contributed by atoms with Crippen LogP contribution in [0.25, 0.3) is 0 Å². The lowest BCUT2D eigenvalue weighted by Crippen LogP contribution is -2.00. The fourth-order valence-corrected chi connectivity index (χ4v) is 3.24. The average Bonchev–Trinajstić information content (AvgIpc) is 2.69. The van der Waals surface area contributed by atoms with Gasteiger partial charge in [0, 0.05) is 25.7 Å². The first-order valence-corrected chi connectivity index (χ1v) is 7.23. The second-order valence-corrected chi connectivity index (χ2v) is 6.55. The van der Waals surface area contributed by atoms with Crippen molar-refractivity contribution in [2.24, 2.45) is 0 Å². The molecule has 0 spiro atoms. The summed E-state index contributed by atoms with van der Waals surface area (Å²) in [5.41, 5.74) is 0.966. The van der Waals surface area contributed by atoms with E-state index in [1.807, 2.05) is 37.3 Å². The van der Waals surface area contributed by atoms with Gasteiger partial charge in [-0.15, -0.1) is 11.3 Å². The van der Waals surface area contributed by atoms with Gasteiger partial charge in [0.05, 0.1) is 6.10 Å². The average molecular weight is 332 g/mol. The van der Waals surface area contributed by atoms with Crippen LogP contribution in [0.1, 0.15) is 21.4 Å². The zero-order chi connectivity index (χ0) is 12.4. The Bertz CT molecular complexity index is 524. The molecule has 0 radical (unpaired) electrons. The van der Waals surface area contributed by atoms with Crippen molar-refractivity contribution >= 4 is 38.9 Å². The molecule has 1 aromatic heterocycles. The van der Waals surface area contributed by atoms with E-state index in [1.54, 1.807) is 11.3 Å². The topological polar surface area (TPSA) is 20.2 Å². The van der Waals surface area contributed by atoms with Gasteiger partial charge in [-0.05, 0) is 36.8 Å². The maximum absolute atomic E-state index is 10.1. The summed E-state index contributed by atoms with van der Waals surface area (Å²) in [7, 11) is 0. The molecule has 0 amide bonds. The Morgan fingerprint density at radius 1 is 1.35 bits per heavy atom. The highest BCUT2D eigenvalue weighted by atomic mass is 79.9. The van der Waals surface area contributed by atoms with Gasteiger partial charge >= 0.3 is 0 Å². The number of hydrogen-bond acceptors (Lipinski definition) is 2. The van der Waals surface area contributed by atoms with Gasteiger partial charge in [0.15, 0.2) is 0 Å². The van der Waals surface area contributed by atoms with Crippen LogP contribution in [0.3, 0.4) is 0 Å². The van der Waals surface area contributed by atoms with Crippen molar-refractivity contribution in [3.8, 4) is 0 Å². The first-order valence-electron chi connectivity index (χ1n) is 5.24. The van der Waals surface area contributed by atoms with Crippen molar-refractivity contribution < 1.29 is 5.11 Å². The van der Waals surface area contributed by atoms with Gasteiger partial charge in [0.25, 0.3) is 0 Å². The largest absolute Gasteiger partial charge is 0.387 e. The predicted octanol–water partition coefficient (Wildman–Crippen LogP) is 4.75. The molecule has 1 nitrogen and oxygen atoms in total. The SMILES string of the molecule is Cc1ccc(C(O)Cc2ccc(Br)cc2Cl)s1. The predicted molar refractivity (Wildman–Crippen MR) is 76.9 cm³/mol. The molecule has 1 aromatic carbocycles. The molecule has 0 aliphatic rings. The maximum Gasteiger partial charge on any atom is 0.0922 e. The van der Waals surface area contributed by atoms with Gasteiger partial charge in [0.2, 0.25) is 0 Å². The van der Waals surface area contributed by atoms with Crippen LogP contribution >= 0.6 is 38.9 Å². The van der Waals surface area contributed by atoms with Crippen LogP contribution in [0.4, 0.5) is 0 Å². The number of halogens is 2. The molecule has 1 heterocycles. The third-order valence-corrected chi connectivity index (χ3v) is 4.46. The molecule has 2 rings (SSSR count). The first kappa shape index (κ1) is 13.1. The lowest BCUT2D eigenvalue weighted by molar-refractivity contribution is 0.182. The van der Waals surface area contributed by atoms with E-state index in [0.717, 1.165) is 14.9 Å². The molecular formula is C13H12BrClOS. The third-order valence-electron chi connectivity index (χ3n) is 2.52. The molecule has 2 aromatic rings. The van der Waals surface area contributed by atoms with E-state index in [9.17, 15) is 5.11 Å². The number of hydrogen-bond donors (Lipinski definition) is 1. The molecule has 0 saturated heterocycles. The Kier molecular flexibility index (Phi) is 4.26. The monoisotopic (exact) mass is 330 g/mol. The number of rotatable bonds is 3. The van der Waals surface area contributed by atoms with E-state index in [0.29, 0.717) is 11.4 Å². The molecule has 0 fully saturated rings. The Morgan fingerprint density at radius 3 is 2.71 bits per heavy atom. The minimum Gasteiger partial charge on any atom is -0.387 e. The summed E-state index contributed by atoms with van der Waals surface area (Å²) in [4.78, 5) is 2.20. The van der Waals surface area contributed by atoms with E-state index in [-0.39, 0.29) is 0 Å². The highest BCUT2D eigenvalue weighted by molar-refractivity contribution is 9.10. The molecule has 1 atom stereocenters. The van der Waals surface area contributed by atoms with Crippen LogP contribution in [0, 0.1) is 6.92 Å². The summed E-state index contributed by atoms with van der Waals surface area (Å²) >= 11 is 11.1. The minimum atomic E-state index is -0.479. The van der Waals surface area contributed by atoms with Crippen LogP contribution in [0.2, 0.25) is 5.02 Å². The molecule has 0 bridgehead atoms. The van der Waals surface area contributed by atoms with Gasteiger partial charge < -0.3 is 5.11 Å². The maximum atomic E-state index is 10.1. The standard InChI is InChI=1S/C13H12BrClOS/c1-8-2-5-13(17-8)12(16)6-9-3-4-10(14)7-11(9)15/h2-5,7,12,16H,6H2,1H3. The van der Waals surface area contributed by atoms with Gasteiger partial charge in [-0.25, -0.2) is 0 Å². The van der Waals surface area contributed by atoms with Crippen molar-refractivity contribution in [1.82, 2.24) is 0 Å². The van der Waals surface area contributed by atoms with E-state index < -0.39 is 6.10 Å². The molecule has 0 saturated carbocycles. The summed E-state index contributed by atoms with van der Waals surface area (Å²) in [6.07, 6.45) is 0.0684.